The Bertz CT molecular complexity index is 1520. The summed E-state index contributed by atoms with van der Waals surface area (Å²) in [4.78, 5) is 42.8. The molecule has 3 aliphatic rings. The molecule has 1 saturated heterocycles. The Balaban J connectivity index is 1.48. The minimum Gasteiger partial charge on any atom is -0.344 e. The van der Waals surface area contributed by atoms with Gasteiger partial charge in [-0.25, -0.2) is 8.78 Å². The van der Waals surface area contributed by atoms with Crippen LogP contribution in [0.3, 0.4) is 0 Å². The number of nitrogens with one attached hydrogen (secondary N) is 2. The van der Waals surface area contributed by atoms with Gasteiger partial charge in [-0.15, -0.1) is 0 Å². The molecule has 0 radical (unpaired) electrons. The van der Waals surface area contributed by atoms with Crippen molar-refractivity contribution < 1.29 is 23.2 Å². The van der Waals surface area contributed by atoms with Crippen LogP contribution in [0.2, 0.25) is 0 Å². The van der Waals surface area contributed by atoms with E-state index in [-0.39, 0.29) is 43.3 Å². The third-order valence-electron chi connectivity index (χ3n) is 7.71. The quantitative estimate of drug-likeness (QED) is 0.477. The van der Waals surface area contributed by atoms with Crippen molar-refractivity contribution in [3.63, 3.8) is 0 Å². The monoisotopic (exact) mass is 542 g/mol. The Morgan fingerprint density at radius 3 is 2.52 bits per heavy atom. The third kappa shape index (κ3) is 5.00. The van der Waals surface area contributed by atoms with Gasteiger partial charge in [0.2, 0.25) is 5.91 Å². The number of piperazine rings is 1. The van der Waals surface area contributed by atoms with E-state index < -0.39 is 29.5 Å². The van der Waals surface area contributed by atoms with Crippen LogP contribution >= 0.6 is 0 Å². The Hall–Kier alpha value is -4.37. The van der Waals surface area contributed by atoms with Crippen LogP contribution in [-0.4, -0.2) is 48.7 Å². The van der Waals surface area contributed by atoms with E-state index in [9.17, 15) is 18.8 Å². The standard InChI is InChI=1S/C31H28F2N4O3/c32-20-7-4-6-19(14-20)30(23-15-27(23)38)35-31(40)29-22-10-5-11-25(33)24(22)17-37(21-8-2-1-3-9-21)26(29)18-36-13-12-34-16-28(36)39/h1-11,14,23,30,34H,12-13,15-18H2,(H,35,40)/t23?,30-/m1/s1. The Morgan fingerprint density at radius 1 is 1.02 bits per heavy atom. The van der Waals surface area contributed by atoms with Gasteiger partial charge >= 0.3 is 0 Å². The van der Waals surface area contributed by atoms with Crippen molar-refractivity contribution in [3.05, 3.63) is 107 Å². The van der Waals surface area contributed by atoms with Gasteiger partial charge in [0, 0.05) is 36.7 Å². The Labute approximate surface area is 230 Å². The van der Waals surface area contributed by atoms with Gasteiger partial charge in [0.1, 0.15) is 17.4 Å². The lowest BCUT2D eigenvalue weighted by molar-refractivity contribution is -0.131. The molecule has 2 atom stereocenters. The number of hydrogen-bond acceptors (Lipinski definition) is 5. The first-order valence-corrected chi connectivity index (χ1v) is 13.3. The highest BCUT2D eigenvalue weighted by Gasteiger charge is 2.44. The van der Waals surface area contributed by atoms with Crippen LogP contribution in [0.25, 0.3) is 5.57 Å². The zero-order valence-corrected chi connectivity index (χ0v) is 21.7. The lowest BCUT2D eigenvalue weighted by Crippen LogP contribution is -2.50. The van der Waals surface area contributed by atoms with Crippen LogP contribution in [0.4, 0.5) is 14.5 Å². The number of carbonyl (C=O) groups excluding carboxylic acids is 3. The number of Topliss-reactive ketones (excluding diaryl/α,β-unsaturated/α-hetero) is 1. The van der Waals surface area contributed by atoms with Crippen molar-refractivity contribution in [1.29, 1.82) is 0 Å². The Morgan fingerprint density at radius 2 is 1.80 bits per heavy atom. The van der Waals surface area contributed by atoms with Crippen molar-refractivity contribution in [2.45, 2.75) is 19.0 Å². The smallest absolute Gasteiger partial charge is 0.254 e. The highest BCUT2D eigenvalue weighted by molar-refractivity contribution is 6.22. The maximum Gasteiger partial charge on any atom is 0.254 e. The number of hydrogen-bond donors (Lipinski definition) is 2. The topological polar surface area (TPSA) is 81.8 Å². The summed E-state index contributed by atoms with van der Waals surface area (Å²) in [6.07, 6.45) is 0.282. The van der Waals surface area contributed by atoms with Gasteiger partial charge in [-0.1, -0.05) is 42.5 Å². The summed E-state index contributed by atoms with van der Waals surface area (Å²) in [7, 11) is 0. The molecule has 7 nitrogen and oxygen atoms in total. The SMILES string of the molecule is O=C(N[C@H](c1cccc(F)c1)C1CC1=O)C1=C(CN2CCNCC2=O)N(c2ccccc2)Cc2c(F)cccc21. The summed E-state index contributed by atoms with van der Waals surface area (Å²) in [5.74, 6) is -2.01. The highest BCUT2D eigenvalue weighted by atomic mass is 19.1. The van der Waals surface area contributed by atoms with E-state index >= 15 is 4.39 Å². The highest BCUT2D eigenvalue weighted by Crippen LogP contribution is 2.40. The van der Waals surface area contributed by atoms with Gasteiger partial charge in [0.25, 0.3) is 5.91 Å². The number of anilines is 1. The number of rotatable bonds is 7. The number of ketones is 1. The summed E-state index contributed by atoms with van der Waals surface area (Å²) in [6.45, 7) is 1.58. The van der Waals surface area contributed by atoms with Crippen molar-refractivity contribution >= 4 is 28.9 Å². The van der Waals surface area contributed by atoms with E-state index in [4.69, 9.17) is 0 Å². The molecule has 0 spiro atoms. The Kier molecular flexibility index (Phi) is 6.89. The van der Waals surface area contributed by atoms with Gasteiger partial charge < -0.3 is 20.4 Å². The molecule has 2 fully saturated rings. The second-order valence-electron chi connectivity index (χ2n) is 10.3. The van der Waals surface area contributed by atoms with Crippen LogP contribution in [0.15, 0.2) is 78.5 Å². The summed E-state index contributed by atoms with van der Waals surface area (Å²) in [6, 6.07) is 19.1. The first-order valence-electron chi connectivity index (χ1n) is 13.3. The maximum atomic E-state index is 15.3. The zero-order valence-electron chi connectivity index (χ0n) is 21.7. The second-order valence-corrected chi connectivity index (χ2v) is 10.3. The van der Waals surface area contributed by atoms with E-state index in [0.29, 0.717) is 35.5 Å². The molecule has 40 heavy (non-hydrogen) atoms. The summed E-state index contributed by atoms with van der Waals surface area (Å²) < 4.78 is 29.4. The van der Waals surface area contributed by atoms with Crippen LogP contribution in [0.5, 0.6) is 0 Å². The van der Waals surface area contributed by atoms with Gasteiger partial charge in [-0.05, 0) is 41.5 Å². The van der Waals surface area contributed by atoms with Crippen LogP contribution < -0.4 is 15.5 Å². The lowest BCUT2D eigenvalue weighted by Gasteiger charge is -2.38. The van der Waals surface area contributed by atoms with E-state index in [1.807, 2.05) is 35.2 Å². The second kappa shape index (κ2) is 10.7. The van der Waals surface area contributed by atoms with E-state index in [1.165, 1.54) is 18.2 Å². The summed E-state index contributed by atoms with van der Waals surface area (Å²) in [5.41, 5.74) is 2.80. The fourth-order valence-corrected chi connectivity index (χ4v) is 5.56. The molecule has 0 bridgehead atoms. The minimum absolute atomic E-state index is 0.0174. The van der Waals surface area contributed by atoms with Gasteiger partial charge in [-0.2, -0.15) is 0 Å². The van der Waals surface area contributed by atoms with E-state index in [1.54, 1.807) is 29.2 Å². The van der Waals surface area contributed by atoms with Crippen LogP contribution in [-0.2, 0) is 20.9 Å². The molecular formula is C31H28F2N4O3. The third-order valence-corrected chi connectivity index (χ3v) is 7.71. The minimum atomic E-state index is -0.741. The van der Waals surface area contributed by atoms with Crippen molar-refractivity contribution in [2.24, 2.45) is 5.92 Å². The summed E-state index contributed by atoms with van der Waals surface area (Å²) >= 11 is 0. The van der Waals surface area contributed by atoms with Crippen LogP contribution in [0, 0.1) is 17.6 Å². The molecule has 2 aliphatic heterocycles. The molecule has 1 unspecified atom stereocenters. The predicted octanol–water partition coefficient (Wildman–Crippen LogP) is 3.57. The number of carbonyl (C=O) groups is 3. The van der Waals surface area contributed by atoms with Gasteiger partial charge in [0.15, 0.2) is 0 Å². The molecule has 204 valence electrons. The number of fused-ring (bicyclic) bond motifs is 1. The zero-order chi connectivity index (χ0) is 27.8. The fraction of sp³-hybridized carbons (Fsp3) is 0.258. The molecule has 2 amide bonds. The number of halogens is 2. The van der Waals surface area contributed by atoms with E-state index in [2.05, 4.69) is 10.6 Å². The maximum absolute atomic E-state index is 15.3. The molecule has 2 heterocycles. The van der Waals surface area contributed by atoms with E-state index in [0.717, 1.165) is 5.69 Å². The molecule has 3 aromatic carbocycles. The molecular weight excluding hydrogens is 514 g/mol. The molecule has 6 rings (SSSR count). The molecule has 1 saturated carbocycles. The van der Waals surface area contributed by atoms with Crippen molar-refractivity contribution in [3.8, 4) is 0 Å². The number of amides is 2. The number of nitrogens with zero attached hydrogens (tertiary/aromatic N) is 2. The number of benzene rings is 3. The fourth-order valence-electron chi connectivity index (χ4n) is 5.56. The van der Waals surface area contributed by atoms with Gasteiger partial charge in [0.05, 0.1) is 36.9 Å². The van der Waals surface area contributed by atoms with Crippen molar-refractivity contribution in [1.82, 2.24) is 15.5 Å². The molecule has 9 heteroatoms. The molecule has 1 aliphatic carbocycles. The first-order chi connectivity index (χ1) is 19.4. The molecule has 3 aromatic rings. The first kappa shape index (κ1) is 25.9. The average molecular weight is 543 g/mol. The normalized spacial score (nSPS) is 19.4. The van der Waals surface area contributed by atoms with Crippen molar-refractivity contribution in [2.75, 3.05) is 31.1 Å². The molecule has 2 N–H and O–H groups in total. The molecule has 0 aromatic heterocycles. The largest absolute Gasteiger partial charge is 0.344 e. The number of para-hydroxylation sites is 1. The lowest BCUT2D eigenvalue weighted by atomic mass is 9.90. The summed E-state index contributed by atoms with van der Waals surface area (Å²) in [5, 5.41) is 6.05. The average Bonchev–Trinajstić information content (AvgIpc) is 3.69. The predicted molar refractivity (Wildman–Crippen MR) is 146 cm³/mol. The van der Waals surface area contributed by atoms with Gasteiger partial charge in [-0.3, -0.25) is 14.4 Å². The van der Waals surface area contributed by atoms with Crippen LogP contribution in [0.1, 0.15) is 29.2 Å².